The van der Waals surface area contributed by atoms with Crippen LogP contribution >= 0.6 is 0 Å². The van der Waals surface area contributed by atoms with Crippen LogP contribution in [-0.2, 0) is 10.8 Å². The third-order valence-corrected chi connectivity index (χ3v) is 5.11. The molecule has 0 aliphatic carbocycles. The van der Waals surface area contributed by atoms with Crippen molar-refractivity contribution in [2.24, 2.45) is 0 Å². The molecule has 0 spiro atoms. The van der Waals surface area contributed by atoms with Gasteiger partial charge in [-0.3, -0.25) is 9.00 Å². The minimum Gasteiger partial charge on any atom is -0.342 e. The van der Waals surface area contributed by atoms with Crippen LogP contribution in [0.2, 0.25) is 0 Å². The Hall–Kier alpha value is -2.73. The molecule has 3 rings (SSSR count). The summed E-state index contributed by atoms with van der Waals surface area (Å²) >= 11 is 0. The van der Waals surface area contributed by atoms with Crippen LogP contribution in [0.3, 0.4) is 0 Å². The van der Waals surface area contributed by atoms with Crippen LogP contribution in [0.1, 0.15) is 35.6 Å². The number of H-pyrrole nitrogens is 1. The summed E-state index contributed by atoms with van der Waals surface area (Å²) in [5, 5.41) is 3.00. The topological polar surface area (TPSA) is 74.8 Å². The summed E-state index contributed by atoms with van der Waals surface area (Å²) in [4.78, 5) is 21.0. The molecule has 0 saturated carbocycles. The van der Waals surface area contributed by atoms with E-state index in [-0.39, 0.29) is 11.9 Å². The van der Waals surface area contributed by atoms with E-state index in [1.165, 1.54) is 0 Å². The maximum atomic E-state index is 12.5. The number of hydrogen-bond donors (Lipinski definition) is 2. The van der Waals surface area contributed by atoms with Gasteiger partial charge in [0.2, 0.25) is 0 Å². The first-order valence-corrected chi connectivity index (χ1v) is 9.99. The smallest absolute Gasteiger partial charge is 0.251 e. The highest BCUT2D eigenvalue weighted by Crippen LogP contribution is 2.21. The zero-order valence-corrected chi connectivity index (χ0v) is 15.5. The molecule has 5 nitrogen and oxygen atoms in total. The van der Waals surface area contributed by atoms with Gasteiger partial charge >= 0.3 is 0 Å². The third-order valence-electron chi connectivity index (χ3n) is 4.17. The summed E-state index contributed by atoms with van der Waals surface area (Å²) in [5.41, 5.74) is 2.51. The zero-order valence-electron chi connectivity index (χ0n) is 14.7. The van der Waals surface area contributed by atoms with Gasteiger partial charge in [0.15, 0.2) is 0 Å². The Morgan fingerprint density at radius 2 is 1.85 bits per heavy atom. The molecule has 134 valence electrons. The summed E-state index contributed by atoms with van der Waals surface area (Å²) < 4.78 is 11.5. The molecule has 0 aliphatic heterocycles. The molecule has 0 aliphatic rings. The van der Waals surface area contributed by atoms with E-state index in [4.69, 9.17) is 0 Å². The van der Waals surface area contributed by atoms with Crippen LogP contribution in [0.4, 0.5) is 0 Å². The SMILES string of the molecule is CC[C@@H](NC(=O)c1ccc([S@](C)=O)cc1)c1ncc(-c2ccccc2)[nH]1. The number of carbonyl (C=O) groups is 1. The fourth-order valence-corrected chi connectivity index (χ4v) is 3.20. The van der Waals surface area contributed by atoms with E-state index in [0.717, 1.165) is 17.1 Å². The second-order valence-corrected chi connectivity index (χ2v) is 7.34. The lowest BCUT2D eigenvalue weighted by atomic mass is 10.1. The van der Waals surface area contributed by atoms with Gasteiger partial charge in [-0.1, -0.05) is 37.3 Å². The molecule has 2 N–H and O–H groups in total. The lowest BCUT2D eigenvalue weighted by Crippen LogP contribution is -2.28. The molecule has 0 fully saturated rings. The van der Waals surface area contributed by atoms with E-state index in [2.05, 4.69) is 15.3 Å². The van der Waals surface area contributed by atoms with Gasteiger partial charge < -0.3 is 10.3 Å². The van der Waals surface area contributed by atoms with Gasteiger partial charge in [0.05, 0.1) is 17.9 Å². The average molecular weight is 367 g/mol. The molecule has 2 atom stereocenters. The molecule has 6 heteroatoms. The Morgan fingerprint density at radius 1 is 1.15 bits per heavy atom. The number of aromatic amines is 1. The van der Waals surface area contributed by atoms with Crippen molar-refractivity contribution in [3.8, 4) is 11.3 Å². The molecule has 26 heavy (non-hydrogen) atoms. The van der Waals surface area contributed by atoms with Gasteiger partial charge in [0.25, 0.3) is 5.91 Å². The van der Waals surface area contributed by atoms with E-state index in [1.807, 2.05) is 37.3 Å². The first kappa shape index (κ1) is 18.1. The molecule has 3 aromatic rings. The van der Waals surface area contributed by atoms with Crippen LogP contribution in [-0.4, -0.2) is 26.3 Å². The van der Waals surface area contributed by atoms with E-state index in [9.17, 15) is 9.00 Å². The monoisotopic (exact) mass is 367 g/mol. The van der Waals surface area contributed by atoms with Gasteiger partial charge in [-0.15, -0.1) is 0 Å². The Balaban J connectivity index is 1.74. The second kappa shape index (κ2) is 8.10. The molecule has 0 saturated heterocycles. The first-order valence-electron chi connectivity index (χ1n) is 8.43. The number of hydrogen-bond acceptors (Lipinski definition) is 3. The van der Waals surface area contributed by atoms with Crippen molar-refractivity contribution in [3.05, 3.63) is 72.2 Å². The molecule has 1 heterocycles. The molecular formula is C20H21N3O2S. The quantitative estimate of drug-likeness (QED) is 0.698. The Bertz CT molecular complexity index is 904. The van der Waals surface area contributed by atoms with Gasteiger partial charge in [0, 0.05) is 27.5 Å². The number of nitrogens with one attached hydrogen (secondary N) is 2. The predicted molar refractivity (Wildman–Crippen MR) is 103 cm³/mol. The number of benzene rings is 2. The number of nitrogens with zero attached hydrogens (tertiary/aromatic N) is 1. The van der Waals surface area contributed by atoms with Crippen LogP contribution in [0, 0.1) is 0 Å². The maximum absolute atomic E-state index is 12.5. The number of rotatable bonds is 6. The summed E-state index contributed by atoms with van der Waals surface area (Å²) in [6.45, 7) is 2.00. The van der Waals surface area contributed by atoms with E-state index >= 15 is 0 Å². The van der Waals surface area contributed by atoms with Crippen molar-refractivity contribution in [2.45, 2.75) is 24.3 Å². The molecule has 0 radical (unpaired) electrons. The standard InChI is InChI=1S/C20H21N3O2S/c1-3-17(19-21-13-18(22-19)14-7-5-4-6-8-14)23-20(24)15-9-11-16(12-10-15)26(2)25/h4-13,17H,3H2,1-2H3,(H,21,22)(H,23,24)/t17-,26+/m1/s1. The molecule has 1 amide bonds. The molecule has 1 aromatic heterocycles. The van der Waals surface area contributed by atoms with Crippen molar-refractivity contribution in [3.63, 3.8) is 0 Å². The molecule has 2 aromatic carbocycles. The third kappa shape index (κ3) is 4.08. The normalized spacial score (nSPS) is 13.2. The minimum absolute atomic E-state index is 0.178. The predicted octanol–water partition coefficient (Wildman–Crippen LogP) is 3.70. The Kier molecular flexibility index (Phi) is 5.63. The zero-order chi connectivity index (χ0) is 18.5. The average Bonchev–Trinajstić information content (AvgIpc) is 3.16. The summed E-state index contributed by atoms with van der Waals surface area (Å²) in [6, 6.07) is 16.5. The molecule has 0 bridgehead atoms. The number of aromatic nitrogens is 2. The highest BCUT2D eigenvalue weighted by Gasteiger charge is 2.17. The highest BCUT2D eigenvalue weighted by atomic mass is 32.2. The molecular weight excluding hydrogens is 346 g/mol. The van der Waals surface area contributed by atoms with Crippen LogP contribution in [0.15, 0.2) is 65.7 Å². The van der Waals surface area contributed by atoms with E-state index in [1.54, 1.807) is 36.7 Å². The van der Waals surface area contributed by atoms with E-state index in [0.29, 0.717) is 16.9 Å². The second-order valence-electron chi connectivity index (χ2n) is 5.96. The number of amides is 1. The first-order chi connectivity index (χ1) is 12.6. The van der Waals surface area contributed by atoms with Gasteiger partial charge in [-0.2, -0.15) is 0 Å². The molecule has 0 unspecified atom stereocenters. The largest absolute Gasteiger partial charge is 0.342 e. The van der Waals surface area contributed by atoms with Crippen molar-refractivity contribution in [2.75, 3.05) is 6.26 Å². The summed E-state index contributed by atoms with van der Waals surface area (Å²) in [5.74, 6) is 0.550. The Morgan fingerprint density at radius 3 is 2.46 bits per heavy atom. The van der Waals surface area contributed by atoms with Crippen molar-refractivity contribution in [1.82, 2.24) is 15.3 Å². The maximum Gasteiger partial charge on any atom is 0.251 e. The van der Waals surface area contributed by atoms with Crippen molar-refractivity contribution < 1.29 is 9.00 Å². The fourth-order valence-electron chi connectivity index (χ4n) is 2.68. The van der Waals surface area contributed by atoms with Gasteiger partial charge in [-0.25, -0.2) is 4.98 Å². The highest BCUT2D eigenvalue weighted by molar-refractivity contribution is 7.84. The van der Waals surface area contributed by atoms with Crippen molar-refractivity contribution >= 4 is 16.7 Å². The summed E-state index contributed by atoms with van der Waals surface area (Å²) in [6.07, 6.45) is 4.11. The van der Waals surface area contributed by atoms with Crippen molar-refractivity contribution in [1.29, 1.82) is 0 Å². The van der Waals surface area contributed by atoms with Gasteiger partial charge in [-0.05, 0) is 36.2 Å². The van der Waals surface area contributed by atoms with Crippen LogP contribution < -0.4 is 5.32 Å². The Labute approximate surface area is 155 Å². The van der Waals surface area contributed by atoms with Gasteiger partial charge in [0.1, 0.15) is 5.82 Å². The lowest BCUT2D eigenvalue weighted by molar-refractivity contribution is 0.0934. The number of carbonyl (C=O) groups excluding carboxylic acids is 1. The van der Waals surface area contributed by atoms with E-state index < -0.39 is 10.8 Å². The number of imidazole rings is 1. The van der Waals surface area contributed by atoms with Crippen LogP contribution in [0.25, 0.3) is 11.3 Å². The fraction of sp³-hybridized carbons (Fsp3) is 0.200. The lowest BCUT2D eigenvalue weighted by Gasteiger charge is -2.15. The summed E-state index contributed by atoms with van der Waals surface area (Å²) in [7, 11) is -1.05. The minimum atomic E-state index is -1.05. The van der Waals surface area contributed by atoms with Crippen LogP contribution in [0.5, 0.6) is 0 Å².